The van der Waals surface area contributed by atoms with Crippen LogP contribution in [0.4, 0.5) is 22.0 Å². The number of carbonyl (C=O) groups excluding carboxylic acids is 1. The van der Waals surface area contributed by atoms with E-state index in [1.807, 2.05) is 33.0 Å². The lowest BCUT2D eigenvalue weighted by Crippen LogP contribution is -2.62. The summed E-state index contributed by atoms with van der Waals surface area (Å²) in [7, 11) is -2.75. The van der Waals surface area contributed by atoms with Crippen molar-refractivity contribution < 1.29 is 23.6 Å². The lowest BCUT2D eigenvalue weighted by atomic mass is 9.91. The number of aromatic nitrogens is 2. The van der Waals surface area contributed by atoms with Crippen LogP contribution in [-0.4, -0.2) is 103 Å². The van der Waals surface area contributed by atoms with E-state index in [4.69, 9.17) is 19.2 Å². The van der Waals surface area contributed by atoms with Crippen molar-refractivity contribution in [2.24, 2.45) is 0 Å². The number of amides is 1. The summed E-state index contributed by atoms with van der Waals surface area (Å²) in [4.78, 5) is 28.6. The van der Waals surface area contributed by atoms with Crippen molar-refractivity contribution in [2.45, 2.75) is 57.8 Å². The molecule has 0 atom stereocenters. The van der Waals surface area contributed by atoms with E-state index in [2.05, 4.69) is 26.2 Å². The second kappa shape index (κ2) is 11.3. The van der Waals surface area contributed by atoms with E-state index in [0.717, 1.165) is 67.5 Å². The van der Waals surface area contributed by atoms with Crippen LogP contribution in [0.5, 0.6) is 5.75 Å². The van der Waals surface area contributed by atoms with Crippen molar-refractivity contribution in [3.63, 3.8) is 0 Å². The molecule has 12 heteroatoms. The van der Waals surface area contributed by atoms with Crippen molar-refractivity contribution in [3.05, 3.63) is 29.6 Å². The summed E-state index contributed by atoms with van der Waals surface area (Å²) >= 11 is 0. The number of nitrogens with one attached hydrogen (secondary N) is 1. The average molecular weight is 599 g/mol. The van der Waals surface area contributed by atoms with Gasteiger partial charge in [-0.05, 0) is 72.2 Å². The van der Waals surface area contributed by atoms with Gasteiger partial charge >= 0.3 is 6.09 Å². The number of fused-ring (bicyclic) bond motifs is 2. The molecule has 1 N–H and O–H groups in total. The summed E-state index contributed by atoms with van der Waals surface area (Å²) in [5.74, 6) is 1.57. The molecule has 0 aliphatic carbocycles. The summed E-state index contributed by atoms with van der Waals surface area (Å²) in [6.45, 7) is 15.8. The minimum absolute atomic E-state index is 0.234. The molecule has 2 aromatic heterocycles. The highest BCUT2D eigenvalue weighted by Gasteiger charge is 2.39. The fraction of sp³-hybridized carbons (Fsp3) is 0.633. The summed E-state index contributed by atoms with van der Waals surface area (Å²) in [6, 6.07) is 4.46. The Labute approximate surface area is 248 Å². The number of piperidine rings is 1. The second-order valence-corrected chi connectivity index (χ2v) is 16.2. The largest absolute Gasteiger partial charge is 0.484 e. The van der Waals surface area contributed by atoms with Crippen molar-refractivity contribution in [2.75, 3.05) is 76.0 Å². The molecule has 0 saturated carbocycles. The van der Waals surface area contributed by atoms with Crippen LogP contribution in [0.1, 0.15) is 50.8 Å². The third kappa shape index (κ3) is 6.10. The lowest BCUT2D eigenvalue weighted by molar-refractivity contribution is -0.0197. The van der Waals surface area contributed by atoms with Crippen molar-refractivity contribution in [1.29, 1.82) is 0 Å². The van der Waals surface area contributed by atoms with E-state index >= 15 is 0 Å². The summed E-state index contributed by atoms with van der Waals surface area (Å²) < 4.78 is 31.0. The molecule has 11 nitrogen and oxygen atoms in total. The third-order valence-corrected chi connectivity index (χ3v) is 9.78. The molecule has 6 heterocycles. The molecular weight excluding hydrogens is 555 g/mol. The van der Waals surface area contributed by atoms with Gasteiger partial charge in [0.05, 0.1) is 24.5 Å². The van der Waals surface area contributed by atoms with Crippen molar-refractivity contribution in [3.8, 4) is 5.75 Å². The molecule has 3 fully saturated rings. The maximum absolute atomic E-state index is 13.5. The molecule has 0 spiro atoms. The normalized spacial score (nSPS) is 20.5. The molecule has 0 aromatic carbocycles. The monoisotopic (exact) mass is 598 g/mol. The fourth-order valence-corrected chi connectivity index (χ4v) is 7.21. The molecule has 4 aliphatic heterocycles. The van der Waals surface area contributed by atoms with Gasteiger partial charge in [-0.2, -0.15) is 0 Å². The molecule has 42 heavy (non-hydrogen) atoms. The molecule has 228 valence electrons. The van der Waals surface area contributed by atoms with Crippen LogP contribution < -0.4 is 20.4 Å². The summed E-state index contributed by atoms with van der Waals surface area (Å²) in [5, 5.41) is 3.54. The molecule has 6 rings (SSSR count). The number of pyridine rings is 2. The molecule has 0 unspecified atom stereocenters. The van der Waals surface area contributed by atoms with Crippen LogP contribution in [0.3, 0.4) is 0 Å². The molecule has 4 aliphatic rings. The minimum Gasteiger partial charge on any atom is -0.484 e. The van der Waals surface area contributed by atoms with Gasteiger partial charge < -0.3 is 33.9 Å². The maximum Gasteiger partial charge on any atom is 0.410 e. The Morgan fingerprint density at radius 3 is 2.50 bits per heavy atom. The first kappa shape index (κ1) is 29.2. The van der Waals surface area contributed by atoms with Crippen LogP contribution in [0.25, 0.3) is 0 Å². The van der Waals surface area contributed by atoms with Crippen LogP contribution in [0.15, 0.2) is 18.3 Å². The van der Waals surface area contributed by atoms with Crippen LogP contribution in [0.2, 0.25) is 0 Å². The zero-order valence-corrected chi connectivity index (χ0v) is 26.3. The van der Waals surface area contributed by atoms with Gasteiger partial charge in [-0.15, -0.1) is 0 Å². The standard InChI is InChI=1S/C30H43N6O5P/c1-30(2,3)41-29(37)36-17-21(18-36)34-10-7-20(8-11-34)23-16-24-26(28(33-23)42(4,5)38)40-19-22-25(6-9-31-27(22)32-24)35-12-14-39-15-13-35/h6,9,16,20-21H,7-8,10-15,17-19H2,1-5H3,(H,31,32). The van der Waals surface area contributed by atoms with E-state index in [1.54, 1.807) is 18.2 Å². The van der Waals surface area contributed by atoms with Crippen LogP contribution >= 0.6 is 7.14 Å². The molecule has 1 amide bonds. The zero-order chi connectivity index (χ0) is 29.6. The van der Waals surface area contributed by atoms with E-state index in [0.29, 0.717) is 50.1 Å². The van der Waals surface area contributed by atoms with E-state index in [9.17, 15) is 9.36 Å². The number of anilines is 3. The van der Waals surface area contributed by atoms with Gasteiger partial charge in [0, 0.05) is 55.7 Å². The lowest BCUT2D eigenvalue weighted by Gasteiger charge is -2.47. The highest BCUT2D eigenvalue weighted by atomic mass is 31.2. The first-order valence-corrected chi connectivity index (χ1v) is 17.6. The maximum atomic E-state index is 13.5. The van der Waals surface area contributed by atoms with Gasteiger partial charge in [0.2, 0.25) is 0 Å². The van der Waals surface area contributed by atoms with Gasteiger partial charge in [-0.25, -0.2) is 14.8 Å². The summed E-state index contributed by atoms with van der Waals surface area (Å²) in [6.07, 6.45) is 3.49. The van der Waals surface area contributed by atoms with Crippen molar-refractivity contribution >= 4 is 35.9 Å². The average Bonchev–Trinajstić information content (AvgIpc) is 3.10. The topological polar surface area (TPSA) is 109 Å². The number of rotatable bonds is 4. The van der Waals surface area contributed by atoms with Gasteiger partial charge in [-0.3, -0.25) is 4.90 Å². The predicted molar refractivity (Wildman–Crippen MR) is 163 cm³/mol. The Morgan fingerprint density at radius 1 is 1.12 bits per heavy atom. The first-order valence-electron chi connectivity index (χ1n) is 15.0. The fourth-order valence-electron chi connectivity index (χ4n) is 6.18. The SMILES string of the molecule is CC(C)(C)OC(=O)N1CC(N2CCC(c3cc4c(c(P(C)(C)=O)n3)OCc3c(N5CCOCC5)ccnc3N4)CC2)C1. The Hall–Kier alpha value is -2.88. The quantitative estimate of drug-likeness (QED) is 0.519. The first-order chi connectivity index (χ1) is 20.0. The zero-order valence-electron chi connectivity index (χ0n) is 25.4. The molecule has 0 radical (unpaired) electrons. The third-order valence-electron chi connectivity index (χ3n) is 8.46. The highest BCUT2D eigenvalue weighted by Crippen LogP contribution is 2.45. The van der Waals surface area contributed by atoms with E-state index in [1.165, 1.54) is 0 Å². The molecule has 3 saturated heterocycles. The number of likely N-dealkylation sites (tertiary alicyclic amines) is 2. The van der Waals surface area contributed by atoms with Crippen molar-refractivity contribution in [1.82, 2.24) is 19.8 Å². The Kier molecular flexibility index (Phi) is 7.87. The van der Waals surface area contributed by atoms with Crippen LogP contribution in [0, 0.1) is 0 Å². The predicted octanol–water partition coefficient (Wildman–Crippen LogP) is 4.00. The van der Waals surface area contributed by atoms with E-state index in [-0.39, 0.29) is 12.0 Å². The Balaban J connectivity index is 1.18. The second-order valence-electron chi connectivity index (χ2n) is 13.1. The molecule has 2 aromatic rings. The smallest absolute Gasteiger partial charge is 0.410 e. The molecule has 0 bridgehead atoms. The van der Waals surface area contributed by atoms with Gasteiger partial charge in [0.15, 0.2) is 5.75 Å². The van der Waals surface area contributed by atoms with Gasteiger partial charge in [0.25, 0.3) is 0 Å². The highest BCUT2D eigenvalue weighted by molar-refractivity contribution is 7.70. The Morgan fingerprint density at radius 2 is 1.83 bits per heavy atom. The van der Waals surface area contributed by atoms with Gasteiger partial charge in [-0.1, -0.05) is 0 Å². The summed E-state index contributed by atoms with van der Waals surface area (Å²) in [5.41, 5.74) is 3.85. The Bertz CT molecular complexity index is 1370. The number of nitrogens with zero attached hydrogens (tertiary/aromatic N) is 5. The molecular formula is C30H43N6O5P. The van der Waals surface area contributed by atoms with Crippen LogP contribution in [-0.2, 0) is 20.6 Å². The minimum atomic E-state index is -2.75. The number of carbonyl (C=O) groups is 1. The number of hydrogen-bond donors (Lipinski definition) is 1. The number of ether oxygens (including phenoxy) is 3. The van der Waals surface area contributed by atoms with E-state index < -0.39 is 12.7 Å². The van der Waals surface area contributed by atoms with Gasteiger partial charge in [0.1, 0.15) is 30.6 Å². The number of morpholine rings is 1. The number of hydrogen-bond acceptors (Lipinski definition) is 10.